The van der Waals surface area contributed by atoms with Gasteiger partial charge in [-0.1, -0.05) is 24.3 Å². The quantitative estimate of drug-likeness (QED) is 0.142. The molecule has 6 aromatic rings. The summed E-state index contributed by atoms with van der Waals surface area (Å²) in [7, 11) is 3.17. The highest BCUT2D eigenvalue weighted by Gasteiger charge is 2.37. The number of hydrogen-bond donors (Lipinski definition) is 2. The van der Waals surface area contributed by atoms with E-state index < -0.39 is 10.4 Å². The zero-order valence-electron chi connectivity index (χ0n) is 31.6. The molecule has 0 aromatic heterocycles. The van der Waals surface area contributed by atoms with E-state index in [1.54, 1.807) is 0 Å². The summed E-state index contributed by atoms with van der Waals surface area (Å²) in [5.41, 5.74) is 10.7. The number of hydrogen-bond acceptors (Lipinski definition) is 8. The minimum atomic E-state index is -4.67. The van der Waals surface area contributed by atoms with Crippen molar-refractivity contribution in [2.45, 2.75) is 25.7 Å². The fourth-order valence-corrected chi connectivity index (χ4v) is 8.31. The molecule has 12 nitrogen and oxygen atoms in total. The van der Waals surface area contributed by atoms with Gasteiger partial charge in [-0.2, -0.15) is 8.42 Å². The van der Waals surface area contributed by atoms with Crippen LogP contribution in [-0.2, 0) is 36.1 Å². The first kappa shape index (κ1) is 37.5. The van der Waals surface area contributed by atoms with Gasteiger partial charge in [0, 0.05) is 72.6 Å². The van der Waals surface area contributed by atoms with Crippen molar-refractivity contribution in [1.82, 2.24) is 0 Å². The lowest BCUT2D eigenvalue weighted by atomic mass is 9.91. The number of rotatable bonds is 4. The lowest BCUT2D eigenvalue weighted by Crippen LogP contribution is -2.40. The normalized spacial score (nSPS) is 14.8. The Kier molecular flexibility index (Phi) is 9.18. The summed E-state index contributed by atoms with van der Waals surface area (Å²) >= 11 is 0. The van der Waals surface area contributed by atoms with Crippen molar-refractivity contribution in [2.24, 2.45) is 0 Å². The Morgan fingerprint density at radius 3 is 0.895 bits per heavy atom. The summed E-state index contributed by atoms with van der Waals surface area (Å²) in [6.45, 7) is 0. The van der Waals surface area contributed by atoms with E-state index in [1.807, 2.05) is 135 Å². The molecular formula is C44H38N4O8S. The summed E-state index contributed by atoms with van der Waals surface area (Å²) in [5, 5.41) is 3.91. The van der Waals surface area contributed by atoms with Crippen LogP contribution in [0.1, 0.15) is 63.7 Å². The molecule has 4 aliphatic rings. The van der Waals surface area contributed by atoms with Gasteiger partial charge in [-0.3, -0.25) is 28.3 Å². The molecule has 6 aromatic carbocycles. The van der Waals surface area contributed by atoms with E-state index in [4.69, 9.17) is 17.5 Å². The molecule has 2 aliphatic carbocycles. The number of imide groups is 2. The van der Waals surface area contributed by atoms with Crippen LogP contribution in [0.15, 0.2) is 97.1 Å². The summed E-state index contributed by atoms with van der Waals surface area (Å²) in [4.78, 5) is 59.2. The minimum Gasteiger partial charge on any atom is -0.378 e. The number of nitrogens with zero attached hydrogens (tertiary/aromatic N) is 4. The largest absolute Gasteiger partial charge is 0.394 e. The number of aryl methyl sites for hydroxylation is 4. The van der Waals surface area contributed by atoms with E-state index >= 15 is 0 Å². The van der Waals surface area contributed by atoms with Gasteiger partial charge in [-0.15, -0.1) is 0 Å². The maximum Gasteiger partial charge on any atom is 0.394 e. The smallest absolute Gasteiger partial charge is 0.378 e. The monoisotopic (exact) mass is 782 g/mol. The lowest BCUT2D eigenvalue weighted by molar-refractivity contribution is 0.0877. The lowest BCUT2D eigenvalue weighted by Gasteiger charge is -2.28. The Balaban J connectivity index is 0.000000143. The van der Waals surface area contributed by atoms with Crippen molar-refractivity contribution >= 4 is 78.3 Å². The summed E-state index contributed by atoms with van der Waals surface area (Å²) in [6, 6.07) is 30.7. The highest BCUT2D eigenvalue weighted by Crippen LogP contribution is 2.41. The van der Waals surface area contributed by atoms with Crippen LogP contribution < -0.4 is 19.6 Å². The zero-order chi connectivity index (χ0) is 40.5. The predicted octanol–water partition coefficient (Wildman–Crippen LogP) is 6.96. The Morgan fingerprint density at radius 2 is 0.667 bits per heavy atom. The Labute approximate surface area is 329 Å². The Hall–Kier alpha value is -6.41. The Bertz CT molecular complexity index is 2510. The highest BCUT2D eigenvalue weighted by molar-refractivity contribution is 7.79. The van der Waals surface area contributed by atoms with Crippen molar-refractivity contribution < 1.29 is 36.7 Å². The van der Waals surface area contributed by atoms with Crippen LogP contribution in [0, 0.1) is 0 Å². The van der Waals surface area contributed by atoms with E-state index in [-0.39, 0.29) is 23.6 Å². The second-order valence-corrected chi connectivity index (χ2v) is 15.6. The van der Waals surface area contributed by atoms with Crippen LogP contribution in [-0.4, -0.2) is 69.3 Å². The Morgan fingerprint density at radius 1 is 0.421 bits per heavy atom. The van der Waals surface area contributed by atoms with Crippen LogP contribution in [0.5, 0.6) is 0 Å². The van der Waals surface area contributed by atoms with Gasteiger partial charge in [-0.05, 0) is 132 Å². The number of benzene rings is 6. The fourth-order valence-electron chi connectivity index (χ4n) is 8.31. The molecular weight excluding hydrogens is 745 g/mol. The molecule has 2 N–H and O–H groups in total. The fraction of sp³-hybridized carbons (Fsp3) is 0.182. The second-order valence-electron chi connectivity index (χ2n) is 14.7. The maximum atomic E-state index is 13.2. The molecule has 57 heavy (non-hydrogen) atoms. The van der Waals surface area contributed by atoms with Gasteiger partial charge in [0.25, 0.3) is 23.6 Å². The molecule has 13 heteroatoms. The van der Waals surface area contributed by atoms with E-state index in [0.29, 0.717) is 33.6 Å². The highest BCUT2D eigenvalue weighted by atomic mass is 32.3. The molecule has 10 rings (SSSR count). The van der Waals surface area contributed by atoms with Gasteiger partial charge >= 0.3 is 10.4 Å². The predicted molar refractivity (Wildman–Crippen MR) is 221 cm³/mol. The van der Waals surface area contributed by atoms with E-state index in [9.17, 15) is 19.2 Å². The first-order valence-corrected chi connectivity index (χ1v) is 19.7. The van der Waals surface area contributed by atoms with Crippen LogP contribution in [0.4, 0.5) is 22.7 Å². The average molecular weight is 783 g/mol. The van der Waals surface area contributed by atoms with Gasteiger partial charge in [0.1, 0.15) is 0 Å². The van der Waals surface area contributed by atoms with E-state index in [1.165, 1.54) is 32.1 Å². The van der Waals surface area contributed by atoms with Crippen molar-refractivity contribution in [3.05, 3.63) is 142 Å². The molecule has 0 fully saturated rings. The summed E-state index contributed by atoms with van der Waals surface area (Å²) < 4.78 is 31.6. The van der Waals surface area contributed by atoms with E-state index in [2.05, 4.69) is 0 Å². The second kappa shape index (κ2) is 14.0. The van der Waals surface area contributed by atoms with Crippen LogP contribution in [0.2, 0.25) is 0 Å². The average Bonchev–Trinajstić information content (AvgIpc) is 3.81. The first-order valence-electron chi connectivity index (χ1n) is 18.3. The number of amides is 4. The van der Waals surface area contributed by atoms with Gasteiger partial charge < -0.3 is 9.80 Å². The molecule has 2 heterocycles. The van der Waals surface area contributed by atoms with Gasteiger partial charge in [0.05, 0.1) is 11.4 Å². The van der Waals surface area contributed by atoms with Crippen LogP contribution >= 0.6 is 0 Å². The molecule has 0 unspecified atom stereocenters. The van der Waals surface area contributed by atoms with Crippen molar-refractivity contribution in [3.63, 3.8) is 0 Å². The molecule has 0 bridgehead atoms. The van der Waals surface area contributed by atoms with Gasteiger partial charge in [-0.25, -0.2) is 9.80 Å². The van der Waals surface area contributed by atoms with Crippen molar-refractivity contribution in [2.75, 3.05) is 47.8 Å². The molecule has 288 valence electrons. The molecule has 0 saturated heterocycles. The molecule has 0 radical (unpaired) electrons. The summed E-state index contributed by atoms with van der Waals surface area (Å²) in [5.74, 6) is -0.960. The van der Waals surface area contributed by atoms with Crippen molar-refractivity contribution in [1.29, 1.82) is 0 Å². The number of carbonyl (C=O) groups excluding carboxylic acids is 4. The first-order chi connectivity index (χ1) is 27.1. The third-order valence-electron chi connectivity index (χ3n) is 11.0. The molecule has 0 atom stereocenters. The third-order valence-corrected chi connectivity index (χ3v) is 11.0. The molecule has 0 spiro atoms. The molecule has 4 amide bonds. The minimum absolute atomic E-state index is 0.240. The van der Waals surface area contributed by atoms with Crippen molar-refractivity contribution in [3.8, 4) is 0 Å². The maximum absolute atomic E-state index is 13.2. The molecule has 0 saturated carbocycles. The zero-order valence-corrected chi connectivity index (χ0v) is 32.4. The van der Waals surface area contributed by atoms with Crippen LogP contribution in [0.25, 0.3) is 21.5 Å². The standard InChI is InChI=1S/2C22H18N2O2.H2O4S/c2*1-23(2)15-7-9-16(10-8-15)24-21(25)17-11-5-13-3-4-14-6-12-18(22(24)26)20(17)19(13)14;1-5(2,3)4/h2*5-12H,3-4H2,1-2H3;(H2,1,2,3,4). The third kappa shape index (κ3) is 6.49. The SMILES string of the molecule is CN(C)c1ccc(N2C(=O)c3ccc4c5c(ccc(c35)C2=O)CC4)cc1.CN(C)c1ccc(N2C(=O)c3ccc4c5c(ccc(c35)C2=O)CC4)cc1.O=S(=O)(O)O. The van der Waals surface area contributed by atoms with Gasteiger partial charge in [0.2, 0.25) is 0 Å². The topological polar surface area (TPSA) is 156 Å². The number of carbonyl (C=O) groups is 4. The van der Waals surface area contributed by atoms with Crippen LogP contribution in [0.3, 0.4) is 0 Å². The summed E-state index contributed by atoms with van der Waals surface area (Å²) in [6.07, 6.45) is 3.92. The molecule has 2 aliphatic heterocycles. The van der Waals surface area contributed by atoms with Gasteiger partial charge in [0.15, 0.2) is 0 Å². The number of anilines is 4. The van der Waals surface area contributed by atoms with E-state index in [0.717, 1.165) is 58.6 Å².